The van der Waals surface area contributed by atoms with Crippen molar-refractivity contribution in [3.63, 3.8) is 0 Å². The van der Waals surface area contributed by atoms with Crippen LogP contribution in [-0.2, 0) is 22.7 Å². The van der Waals surface area contributed by atoms with Gasteiger partial charge in [-0.05, 0) is 0 Å². The third-order valence-electron chi connectivity index (χ3n) is 0. The van der Waals surface area contributed by atoms with Gasteiger partial charge in [-0.15, -0.1) is 0 Å². The van der Waals surface area contributed by atoms with E-state index >= 15 is 0 Å². The zero-order chi connectivity index (χ0) is 14.3. The van der Waals surface area contributed by atoms with Crippen LogP contribution in [-0.4, -0.2) is 54.3 Å². The second-order valence-electron chi connectivity index (χ2n) is 1.01. The van der Waals surface area contributed by atoms with E-state index in [9.17, 15) is 0 Å². The quantitative estimate of drug-likeness (QED) is 0.165. The van der Waals surface area contributed by atoms with Crippen molar-refractivity contribution >= 4 is 35.0 Å². The molecule has 17 heavy (non-hydrogen) atoms. The van der Waals surface area contributed by atoms with Crippen molar-refractivity contribution in [2.75, 3.05) is 0 Å². The summed E-state index contributed by atoms with van der Waals surface area (Å²) < 4.78 is 45.7. The molecule has 0 aromatic rings. The molecule has 12 nitrogen and oxygen atoms in total. The van der Waals surface area contributed by atoms with Gasteiger partial charge >= 0.3 is 35.7 Å². The first-order chi connectivity index (χ1) is 6.93. The third kappa shape index (κ3) is 28700. The van der Waals surface area contributed by atoms with Gasteiger partial charge in [0.1, 0.15) is 0 Å². The van der Waals surface area contributed by atoms with Gasteiger partial charge in [0.25, 0.3) is 22.7 Å². The monoisotopic (exact) mass is 310 g/mol. The number of carboxylic acid groups (broad SMARTS) is 4. The van der Waals surface area contributed by atoms with Crippen LogP contribution in [0.25, 0.3) is 0 Å². The van der Waals surface area contributed by atoms with Crippen LogP contribution in [0, 0.1) is 0 Å². The van der Waals surface area contributed by atoms with Gasteiger partial charge in [0, 0.05) is 0 Å². The van der Waals surface area contributed by atoms with Gasteiger partial charge in [0.15, 0.2) is 0 Å². The Hall–Kier alpha value is -0.320. The Bertz CT molecular complexity index is 163. The second kappa shape index (κ2) is 24.8. The van der Waals surface area contributed by atoms with E-state index in [0.29, 0.717) is 0 Å². The van der Waals surface area contributed by atoms with Gasteiger partial charge in [0.05, 0.1) is 0 Å². The maximum absolute atomic E-state index is 8.67. The molecule has 0 spiro atoms. The van der Waals surface area contributed by atoms with Crippen LogP contribution in [0.2, 0.25) is 0 Å². The fourth-order valence-corrected chi connectivity index (χ4v) is 0. The van der Waals surface area contributed by atoms with Crippen LogP contribution < -0.4 is 34.7 Å². The van der Waals surface area contributed by atoms with Crippen LogP contribution in [0.1, 0.15) is 0 Å². The van der Waals surface area contributed by atoms with E-state index in [1.807, 2.05) is 0 Å². The molecule has 0 atom stereocenters. The first-order valence-corrected chi connectivity index (χ1v) is 4.47. The summed E-state index contributed by atoms with van der Waals surface area (Å²) in [5.74, 6) is 0. The van der Waals surface area contributed by atoms with E-state index in [1.54, 1.807) is 0 Å². The summed E-state index contributed by atoms with van der Waals surface area (Å²) in [6, 6.07) is 0. The molecular weight excluding hydrogens is 303 g/mol. The Labute approximate surface area is 121 Å². The summed E-state index contributed by atoms with van der Waals surface area (Å²) >= 11 is -5.22. The van der Waals surface area contributed by atoms with Gasteiger partial charge < -0.3 is 25.2 Å². The summed E-state index contributed by atoms with van der Waals surface area (Å²) in [5.41, 5.74) is 0. The molecule has 0 saturated heterocycles. The number of carbonyl (C=O) groups is 2. The average Bonchev–Trinajstić information content (AvgIpc) is 1.76. The molecule has 0 aromatic heterocycles. The van der Waals surface area contributed by atoms with Crippen molar-refractivity contribution in [1.82, 2.24) is 0 Å². The smallest absolute Gasteiger partial charge is 0.565 e. The fourth-order valence-electron chi connectivity index (χ4n) is 0. The van der Waals surface area contributed by atoms with E-state index in [0.717, 1.165) is 0 Å². The minimum atomic E-state index is -2.61. The van der Waals surface area contributed by atoms with E-state index in [-0.39, 0.29) is 29.6 Å². The van der Waals surface area contributed by atoms with Gasteiger partial charge in [-0.25, -0.2) is 4.79 Å². The molecule has 0 heterocycles. The summed E-state index contributed by atoms with van der Waals surface area (Å²) in [4.78, 5) is 17.0. The van der Waals surface area contributed by atoms with Crippen LogP contribution in [0.4, 0.5) is 9.59 Å². The first-order valence-electron chi connectivity index (χ1n) is 2.35. The maximum atomic E-state index is 8.67. The van der Waals surface area contributed by atoms with Gasteiger partial charge in [-0.3, -0.25) is 18.2 Å². The largest absolute Gasteiger partial charge is 1.00 e. The van der Waals surface area contributed by atoms with Gasteiger partial charge in [0.2, 0.25) is 6.16 Å². The molecule has 7 N–H and O–H groups in total. The number of hydrogen-bond acceptors (Lipinski definition) is 5. The van der Waals surface area contributed by atoms with Crippen molar-refractivity contribution < 1.29 is 86.2 Å². The predicted molar refractivity (Wildman–Crippen MR) is 45.5 cm³/mol. The predicted octanol–water partition coefficient (Wildman–Crippen LogP) is -4.52. The Morgan fingerprint density at radius 1 is 0.824 bits per heavy atom. The van der Waals surface area contributed by atoms with Crippen molar-refractivity contribution in [1.29, 1.82) is 0 Å². The van der Waals surface area contributed by atoms with Gasteiger partial charge in [-0.1, -0.05) is 0 Å². The molecule has 0 saturated carbocycles. The fraction of sp³-hybridized carbons (Fsp3) is 0. The molecule has 0 aliphatic rings. The SMILES string of the molecule is O=C(O)O.O=C([O-])O.O=S(O)O.O=S(O)O.[Na+]. The van der Waals surface area contributed by atoms with E-state index in [1.165, 1.54) is 0 Å². The third-order valence-corrected chi connectivity index (χ3v) is 0. The number of rotatable bonds is 0. The van der Waals surface area contributed by atoms with Crippen molar-refractivity contribution in [3.05, 3.63) is 0 Å². The minimum absolute atomic E-state index is 0. The van der Waals surface area contributed by atoms with Crippen molar-refractivity contribution in [3.8, 4) is 0 Å². The van der Waals surface area contributed by atoms with Gasteiger partial charge in [-0.2, -0.15) is 8.42 Å². The van der Waals surface area contributed by atoms with Crippen LogP contribution >= 0.6 is 0 Å². The van der Waals surface area contributed by atoms with E-state index < -0.39 is 35.0 Å². The Kier molecular flexibility index (Phi) is 43.8. The molecule has 15 heteroatoms. The Balaban J connectivity index is -0.0000000369. The van der Waals surface area contributed by atoms with Crippen LogP contribution in [0.5, 0.6) is 0 Å². The zero-order valence-corrected chi connectivity index (χ0v) is 11.6. The maximum Gasteiger partial charge on any atom is 1.00 e. The molecule has 0 aliphatic heterocycles. The molecule has 0 bridgehead atoms. The first kappa shape index (κ1) is 30.1. The molecule has 0 aromatic carbocycles. The summed E-state index contributed by atoms with van der Waals surface area (Å²) in [6.07, 6.45) is -3.92. The molecule has 0 radical (unpaired) electrons. The zero-order valence-electron chi connectivity index (χ0n) is 7.99. The van der Waals surface area contributed by atoms with Crippen molar-refractivity contribution in [2.45, 2.75) is 0 Å². The minimum Gasteiger partial charge on any atom is -0.565 e. The molecular formula is C2H7NaO12S2. The Morgan fingerprint density at radius 3 is 0.824 bits per heavy atom. The topological polar surface area (TPSA) is 233 Å². The van der Waals surface area contributed by atoms with Crippen molar-refractivity contribution in [2.24, 2.45) is 0 Å². The normalized spacial score (nSPS) is 6.94. The molecule has 0 unspecified atom stereocenters. The molecule has 0 amide bonds. The van der Waals surface area contributed by atoms with Crippen LogP contribution in [0.15, 0.2) is 0 Å². The second-order valence-corrected chi connectivity index (χ2v) is 1.93. The van der Waals surface area contributed by atoms with E-state index in [4.69, 9.17) is 56.6 Å². The molecule has 0 aliphatic carbocycles. The van der Waals surface area contributed by atoms with E-state index in [2.05, 4.69) is 0 Å². The summed E-state index contributed by atoms with van der Waals surface area (Å²) in [5, 5.41) is 29.2. The number of hydrogen-bond donors (Lipinski definition) is 7. The summed E-state index contributed by atoms with van der Waals surface area (Å²) in [7, 11) is 0. The average molecular weight is 310 g/mol. The molecule has 0 fully saturated rings. The Morgan fingerprint density at radius 2 is 0.824 bits per heavy atom. The molecule has 0 rings (SSSR count). The standard InChI is InChI=1S/2CH2O3.Na.2H2O3S/c2*2-1(3)4;;2*1-4(2)3/h2*(H2,2,3,4);;2*(H2,1,2,3)/q;;+1;;/p-1. The summed E-state index contributed by atoms with van der Waals surface area (Å²) in [6.45, 7) is 0. The van der Waals surface area contributed by atoms with Crippen LogP contribution in [0.3, 0.4) is 0 Å². The molecule has 100 valence electrons.